The summed E-state index contributed by atoms with van der Waals surface area (Å²) in [6.07, 6.45) is 1.75. The Balaban J connectivity index is 2.09. The van der Waals surface area contributed by atoms with Gasteiger partial charge in [-0.3, -0.25) is 4.98 Å². The first-order valence-electron chi connectivity index (χ1n) is 6.61. The Bertz CT molecular complexity index is 931. The summed E-state index contributed by atoms with van der Waals surface area (Å²) in [6.45, 7) is 0. The summed E-state index contributed by atoms with van der Waals surface area (Å²) >= 11 is 0. The number of fused-ring (bicyclic) bond motifs is 3. The summed E-state index contributed by atoms with van der Waals surface area (Å²) in [5.74, 6) is 0.774. The highest BCUT2D eigenvalue weighted by Crippen LogP contribution is 2.29. The van der Waals surface area contributed by atoms with Crippen molar-refractivity contribution in [3.63, 3.8) is 0 Å². The lowest BCUT2D eigenvalue weighted by Crippen LogP contribution is -1.94. The van der Waals surface area contributed by atoms with Crippen LogP contribution < -0.4 is 4.74 Å². The number of methoxy groups -OCH3 is 1. The first-order valence-corrected chi connectivity index (χ1v) is 6.61. The molecule has 1 aromatic carbocycles. The van der Waals surface area contributed by atoms with E-state index in [-0.39, 0.29) is 0 Å². The number of para-hydroxylation sites is 1. The summed E-state index contributed by atoms with van der Waals surface area (Å²) in [5.41, 5.74) is 3.39. The van der Waals surface area contributed by atoms with Crippen LogP contribution in [0.5, 0.6) is 5.75 Å². The molecule has 0 aliphatic carbocycles. The SMILES string of the molecule is COc1cccc2ccc3c(-c4ccccn4)nnn3c12. The van der Waals surface area contributed by atoms with E-state index >= 15 is 0 Å². The van der Waals surface area contributed by atoms with Crippen LogP contribution in [0.25, 0.3) is 27.8 Å². The predicted molar refractivity (Wildman–Crippen MR) is 80.3 cm³/mol. The molecule has 0 bridgehead atoms. The number of pyridine rings is 2. The predicted octanol–water partition coefficient (Wildman–Crippen LogP) is 2.95. The molecule has 4 aromatic rings. The van der Waals surface area contributed by atoms with Crippen molar-refractivity contribution in [1.29, 1.82) is 0 Å². The largest absolute Gasteiger partial charge is 0.494 e. The van der Waals surface area contributed by atoms with Crippen LogP contribution in [0.2, 0.25) is 0 Å². The second kappa shape index (κ2) is 4.56. The molecule has 0 unspecified atom stereocenters. The van der Waals surface area contributed by atoms with Gasteiger partial charge in [0.15, 0.2) is 0 Å². The molecule has 102 valence electrons. The maximum atomic E-state index is 5.45. The van der Waals surface area contributed by atoms with Gasteiger partial charge >= 0.3 is 0 Å². The molecule has 0 aliphatic rings. The van der Waals surface area contributed by atoms with E-state index in [0.29, 0.717) is 0 Å². The van der Waals surface area contributed by atoms with Crippen molar-refractivity contribution < 1.29 is 4.74 Å². The maximum absolute atomic E-state index is 5.45. The Hall–Kier alpha value is -2.95. The molecule has 0 fully saturated rings. The van der Waals surface area contributed by atoms with Crippen molar-refractivity contribution in [2.45, 2.75) is 0 Å². The van der Waals surface area contributed by atoms with Gasteiger partial charge in [0.2, 0.25) is 0 Å². The zero-order valence-corrected chi connectivity index (χ0v) is 11.4. The van der Waals surface area contributed by atoms with Crippen molar-refractivity contribution in [3.05, 3.63) is 54.7 Å². The lowest BCUT2D eigenvalue weighted by molar-refractivity contribution is 0.418. The fourth-order valence-corrected chi connectivity index (χ4v) is 2.52. The van der Waals surface area contributed by atoms with Crippen LogP contribution in [0.3, 0.4) is 0 Å². The Morgan fingerprint density at radius 3 is 2.76 bits per heavy atom. The van der Waals surface area contributed by atoms with Gasteiger partial charge in [0.25, 0.3) is 0 Å². The Labute approximate surface area is 120 Å². The van der Waals surface area contributed by atoms with E-state index in [2.05, 4.69) is 15.3 Å². The third-order valence-corrected chi connectivity index (χ3v) is 3.50. The molecule has 4 rings (SSSR count). The maximum Gasteiger partial charge on any atom is 0.145 e. The average molecular weight is 276 g/mol. The monoisotopic (exact) mass is 276 g/mol. The summed E-state index contributed by atoms with van der Waals surface area (Å²) in [7, 11) is 1.66. The van der Waals surface area contributed by atoms with Crippen molar-refractivity contribution in [2.24, 2.45) is 0 Å². The van der Waals surface area contributed by atoms with E-state index in [1.54, 1.807) is 17.8 Å². The molecule has 3 aromatic heterocycles. The highest BCUT2D eigenvalue weighted by Gasteiger charge is 2.13. The van der Waals surface area contributed by atoms with E-state index in [0.717, 1.165) is 33.6 Å². The van der Waals surface area contributed by atoms with E-state index < -0.39 is 0 Å². The third kappa shape index (κ3) is 1.74. The zero-order chi connectivity index (χ0) is 14.2. The number of hydrogen-bond donors (Lipinski definition) is 0. The standard InChI is InChI=1S/C16H12N4O/c1-21-14-7-4-5-11-8-9-13-15(12-6-2-3-10-17-12)18-19-20(13)16(11)14/h2-10H,1H3. The molecule has 0 saturated heterocycles. The van der Waals surface area contributed by atoms with Crippen molar-refractivity contribution in [3.8, 4) is 17.1 Å². The molecule has 0 spiro atoms. The van der Waals surface area contributed by atoms with Crippen LogP contribution in [0.15, 0.2) is 54.7 Å². The van der Waals surface area contributed by atoms with Crippen LogP contribution >= 0.6 is 0 Å². The Morgan fingerprint density at radius 1 is 1.00 bits per heavy atom. The number of rotatable bonds is 2. The summed E-state index contributed by atoms with van der Waals surface area (Å²) in [6, 6.07) is 15.7. The van der Waals surface area contributed by atoms with Gasteiger partial charge in [0.1, 0.15) is 17.0 Å². The number of nitrogens with zero attached hydrogens (tertiary/aromatic N) is 4. The number of hydrogen-bond acceptors (Lipinski definition) is 4. The molecule has 0 atom stereocenters. The van der Waals surface area contributed by atoms with Crippen molar-refractivity contribution in [2.75, 3.05) is 7.11 Å². The minimum atomic E-state index is 0.767. The number of aromatic nitrogens is 4. The Kier molecular flexibility index (Phi) is 2.57. The molecule has 21 heavy (non-hydrogen) atoms. The van der Waals surface area contributed by atoms with Crippen molar-refractivity contribution in [1.82, 2.24) is 19.8 Å². The molecule has 0 radical (unpaired) electrons. The van der Waals surface area contributed by atoms with Gasteiger partial charge in [-0.2, -0.15) is 0 Å². The molecular weight excluding hydrogens is 264 g/mol. The minimum absolute atomic E-state index is 0.767. The van der Waals surface area contributed by atoms with Gasteiger partial charge in [0, 0.05) is 11.6 Å². The second-order valence-electron chi connectivity index (χ2n) is 4.68. The van der Waals surface area contributed by atoms with E-state index in [1.807, 2.05) is 48.5 Å². The fourth-order valence-electron chi connectivity index (χ4n) is 2.52. The fraction of sp³-hybridized carbons (Fsp3) is 0.0625. The van der Waals surface area contributed by atoms with Gasteiger partial charge in [-0.1, -0.05) is 29.5 Å². The first-order chi connectivity index (χ1) is 10.4. The van der Waals surface area contributed by atoms with Crippen LogP contribution in [-0.2, 0) is 0 Å². The summed E-state index contributed by atoms with van der Waals surface area (Å²) in [4.78, 5) is 4.35. The van der Waals surface area contributed by atoms with Crippen molar-refractivity contribution >= 4 is 16.4 Å². The highest BCUT2D eigenvalue weighted by molar-refractivity contribution is 5.90. The van der Waals surface area contributed by atoms with E-state index in [4.69, 9.17) is 4.74 Å². The highest BCUT2D eigenvalue weighted by atomic mass is 16.5. The summed E-state index contributed by atoms with van der Waals surface area (Å²) < 4.78 is 7.25. The van der Waals surface area contributed by atoms with Gasteiger partial charge in [0.05, 0.1) is 18.3 Å². The second-order valence-corrected chi connectivity index (χ2v) is 4.68. The van der Waals surface area contributed by atoms with Crippen LogP contribution in [0.1, 0.15) is 0 Å². The minimum Gasteiger partial charge on any atom is -0.494 e. The Morgan fingerprint density at radius 2 is 1.95 bits per heavy atom. The third-order valence-electron chi connectivity index (χ3n) is 3.50. The van der Waals surface area contributed by atoms with Gasteiger partial charge < -0.3 is 4.74 Å². The van der Waals surface area contributed by atoms with E-state index in [1.165, 1.54) is 0 Å². The molecule has 0 saturated carbocycles. The van der Waals surface area contributed by atoms with Gasteiger partial charge in [-0.15, -0.1) is 5.10 Å². The molecular formula is C16H12N4O. The zero-order valence-electron chi connectivity index (χ0n) is 11.4. The van der Waals surface area contributed by atoms with Crippen LogP contribution in [-0.4, -0.2) is 26.9 Å². The molecule has 0 N–H and O–H groups in total. The number of ether oxygens (including phenoxy) is 1. The summed E-state index contributed by atoms with van der Waals surface area (Å²) in [5, 5.41) is 9.62. The molecule has 0 amide bonds. The first kappa shape index (κ1) is 11.8. The normalized spacial score (nSPS) is 11.1. The van der Waals surface area contributed by atoms with Gasteiger partial charge in [-0.25, -0.2) is 4.52 Å². The smallest absolute Gasteiger partial charge is 0.145 e. The topological polar surface area (TPSA) is 52.3 Å². The number of benzene rings is 1. The molecule has 3 heterocycles. The lowest BCUT2D eigenvalue weighted by atomic mass is 10.1. The molecule has 5 nitrogen and oxygen atoms in total. The average Bonchev–Trinajstić information content (AvgIpc) is 2.99. The quantitative estimate of drug-likeness (QED) is 0.565. The van der Waals surface area contributed by atoms with Crippen LogP contribution in [0, 0.1) is 0 Å². The van der Waals surface area contributed by atoms with Gasteiger partial charge in [-0.05, 0) is 24.3 Å². The molecule has 0 aliphatic heterocycles. The van der Waals surface area contributed by atoms with E-state index in [9.17, 15) is 0 Å². The molecule has 5 heteroatoms. The van der Waals surface area contributed by atoms with Crippen LogP contribution in [0.4, 0.5) is 0 Å². The lowest BCUT2D eigenvalue weighted by Gasteiger charge is -2.06.